The molecule has 1 aromatic carbocycles. The molecule has 1 rings (SSSR count). The fourth-order valence-corrected chi connectivity index (χ4v) is 2.83. The lowest BCUT2D eigenvalue weighted by molar-refractivity contribution is -0.0308. The fraction of sp³-hybridized carbons (Fsp3) is 0.533. The quantitative estimate of drug-likeness (QED) is 0.792. The van der Waals surface area contributed by atoms with Gasteiger partial charge in [-0.1, -0.05) is 6.07 Å². The third-order valence-electron chi connectivity index (χ3n) is 3.01. The molecule has 0 atom stereocenters. The molecule has 1 amide bonds. The van der Waals surface area contributed by atoms with Gasteiger partial charge in [0.15, 0.2) is 6.67 Å². The second kappa shape index (κ2) is 7.61. The fourth-order valence-electron chi connectivity index (χ4n) is 1.86. The molecular formula is C15H21F3N2O4S. The zero-order chi connectivity index (χ0) is 19.5. The summed E-state index contributed by atoms with van der Waals surface area (Å²) in [6, 6.07) is 2.95. The van der Waals surface area contributed by atoms with E-state index in [-0.39, 0.29) is 12.2 Å². The van der Waals surface area contributed by atoms with Gasteiger partial charge in [0, 0.05) is 11.1 Å². The first kappa shape index (κ1) is 21.2. The highest BCUT2D eigenvalue weighted by Gasteiger charge is 2.37. The molecule has 0 aromatic heterocycles. The number of amides is 1. The summed E-state index contributed by atoms with van der Waals surface area (Å²) in [4.78, 5) is 10.9. The van der Waals surface area contributed by atoms with Crippen LogP contribution in [0, 0.1) is 0 Å². The molecule has 0 radical (unpaired) electrons. The van der Waals surface area contributed by atoms with Gasteiger partial charge in [-0.15, -0.1) is 0 Å². The highest BCUT2D eigenvalue weighted by molar-refractivity contribution is 7.89. The molecule has 0 fully saturated rings. The lowest BCUT2D eigenvalue weighted by Crippen LogP contribution is -2.40. The first-order valence-electron chi connectivity index (χ1n) is 7.28. The van der Waals surface area contributed by atoms with Crippen LogP contribution in [0.5, 0.6) is 0 Å². The zero-order valence-electron chi connectivity index (χ0n) is 14.3. The van der Waals surface area contributed by atoms with E-state index in [2.05, 4.69) is 5.32 Å². The number of sulfonamides is 1. The van der Waals surface area contributed by atoms with Crippen LogP contribution in [0.25, 0.3) is 0 Å². The highest BCUT2D eigenvalue weighted by atomic mass is 32.2. The lowest BCUT2D eigenvalue weighted by Gasteiger charge is -2.20. The first-order valence-corrected chi connectivity index (χ1v) is 8.76. The van der Waals surface area contributed by atoms with Crippen molar-refractivity contribution in [2.45, 2.75) is 43.7 Å². The molecular weight excluding hydrogens is 361 g/mol. The number of alkyl halides is 3. The van der Waals surface area contributed by atoms with E-state index in [1.54, 1.807) is 20.8 Å². The van der Waals surface area contributed by atoms with E-state index in [1.165, 1.54) is 6.07 Å². The number of alkyl carbamates (subject to hydrolysis) is 1. The first-order chi connectivity index (χ1) is 11.3. The molecule has 0 aliphatic heterocycles. The Balaban J connectivity index is 3.13. The number of nitrogens with one attached hydrogen (secondary N) is 2. The van der Waals surface area contributed by atoms with Crippen molar-refractivity contribution in [3.63, 3.8) is 0 Å². The largest absolute Gasteiger partial charge is 0.445 e. The Morgan fingerprint density at radius 3 is 2.32 bits per heavy atom. The Morgan fingerprint density at radius 1 is 1.24 bits per heavy atom. The molecule has 0 aliphatic rings. The van der Waals surface area contributed by atoms with E-state index in [9.17, 15) is 26.4 Å². The highest BCUT2D eigenvalue weighted by Crippen LogP contribution is 2.34. The Labute approximate surface area is 144 Å². The average molecular weight is 382 g/mol. The molecule has 0 heterocycles. The molecule has 6 nitrogen and oxygen atoms in total. The van der Waals surface area contributed by atoms with E-state index >= 15 is 0 Å². The normalized spacial score (nSPS) is 12.8. The standard InChI is InChI=1S/C15H21F3N2O4S/c1-14(2,3)20-13(21)24-8-10-5-6-12(25(22,23)19-4)11(7-10)15(17,18)9-16/h5-7,19H,8-9H2,1-4H3,(H,20,21). The van der Waals surface area contributed by atoms with Crippen LogP contribution in [-0.4, -0.2) is 33.8 Å². The minimum Gasteiger partial charge on any atom is -0.445 e. The molecule has 2 N–H and O–H groups in total. The summed E-state index contributed by atoms with van der Waals surface area (Å²) in [5.74, 6) is -4.00. The van der Waals surface area contributed by atoms with Crippen molar-refractivity contribution in [1.82, 2.24) is 10.0 Å². The van der Waals surface area contributed by atoms with E-state index in [4.69, 9.17) is 4.74 Å². The van der Waals surface area contributed by atoms with Crippen LogP contribution in [-0.2, 0) is 27.3 Å². The zero-order valence-corrected chi connectivity index (χ0v) is 15.1. The average Bonchev–Trinajstić information content (AvgIpc) is 2.51. The van der Waals surface area contributed by atoms with Crippen LogP contribution in [0.2, 0.25) is 0 Å². The van der Waals surface area contributed by atoms with Crippen molar-refractivity contribution in [2.75, 3.05) is 13.7 Å². The summed E-state index contributed by atoms with van der Waals surface area (Å²) >= 11 is 0. The van der Waals surface area contributed by atoms with Crippen molar-refractivity contribution in [3.05, 3.63) is 29.3 Å². The summed E-state index contributed by atoms with van der Waals surface area (Å²) in [5.41, 5.74) is -1.45. The van der Waals surface area contributed by atoms with Gasteiger partial charge < -0.3 is 10.1 Å². The topological polar surface area (TPSA) is 84.5 Å². The van der Waals surface area contributed by atoms with Gasteiger partial charge in [-0.3, -0.25) is 0 Å². The van der Waals surface area contributed by atoms with Crippen LogP contribution in [0.1, 0.15) is 31.9 Å². The molecule has 0 unspecified atom stereocenters. The van der Waals surface area contributed by atoms with Crippen molar-refractivity contribution < 1.29 is 31.1 Å². The number of rotatable bonds is 6. The third-order valence-corrected chi connectivity index (χ3v) is 4.48. The second-order valence-electron chi connectivity index (χ2n) is 6.33. The minimum absolute atomic E-state index is 0.0993. The molecule has 0 spiro atoms. The van der Waals surface area contributed by atoms with E-state index < -0.39 is 44.7 Å². The van der Waals surface area contributed by atoms with Gasteiger partial charge in [0.05, 0.1) is 4.90 Å². The third kappa shape index (κ3) is 5.89. The number of hydrogen-bond acceptors (Lipinski definition) is 4. The van der Waals surface area contributed by atoms with E-state index in [1.807, 2.05) is 4.72 Å². The molecule has 0 bridgehead atoms. The number of hydrogen-bond donors (Lipinski definition) is 2. The maximum Gasteiger partial charge on any atom is 0.407 e. The predicted octanol–water partition coefficient (Wildman–Crippen LogP) is 2.68. The number of carbonyl (C=O) groups is 1. The molecule has 25 heavy (non-hydrogen) atoms. The van der Waals surface area contributed by atoms with Crippen LogP contribution >= 0.6 is 0 Å². The predicted molar refractivity (Wildman–Crippen MR) is 85.6 cm³/mol. The smallest absolute Gasteiger partial charge is 0.407 e. The lowest BCUT2D eigenvalue weighted by atomic mass is 10.1. The van der Waals surface area contributed by atoms with E-state index in [0.717, 1.165) is 19.2 Å². The summed E-state index contributed by atoms with van der Waals surface area (Å²) < 4.78 is 70.9. The molecule has 0 saturated heterocycles. The minimum atomic E-state index is -4.21. The van der Waals surface area contributed by atoms with Crippen molar-refractivity contribution in [2.24, 2.45) is 0 Å². The Hall–Kier alpha value is -1.81. The molecule has 1 aromatic rings. The summed E-state index contributed by atoms with van der Waals surface area (Å²) in [6.45, 7) is 2.74. The van der Waals surface area contributed by atoms with Gasteiger partial charge in [-0.05, 0) is 45.5 Å². The van der Waals surface area contributed by atoms with Gasteiger partial charge in [0.2, 0.25) is 10.0 Å². The molecule has 10 heteroatoms. The van der Waals surface area contributed by atoms with Crippen LogP contribution in [0.15, 0.2) is 23.1 Å². The van der Waals surface area contributed by atoms with E-state index in [0.29, 0.717) is 0 Å². The molecule has 142 valence electrons. The maximum absolute atomic E-state index is 13.8. The van der Waals surface area contributed by atoms with Crippen LogP contribution in [0.4, 0.5) is 18.0 Å². The second-order valence-corrected chi connectivity index (χ2v) is 8.18. The number of benzene rings is 1. The number of carbonyl (C=O) groups excluding carboxylic acids is 1. The monoisotopic (exact) mass is 382 g/mol. The summed E-state index contributed by atoms with van der Waals surface area (Å²) in [6.07, 6.45) is -0.766. The van der Waals surface area contributed by atoms with Crippen molar-refractivity contribution >= 4 is 16.1 Å². The summed E-state index contributed by atoms with van der Waals surface area (Å²) in [5, 5.41) is 2.51. The SMILES string of the molecule is CNS(=O)(=O)c1ccc(COC(=O)NC(C)(C)C)cc1C(F)(F)CF. The van der Waals surface area contributed by atoms with Gasteiger partial charge in [-0.2, -0.15) is 8.78 Å². The number of halogens is 3. The van der Waals surface area contributed by atoms with Crippen molar-refractivity contribution in [1.29, 1.82) is 0 Å². The van der Waals surface area contributed by atoms with Crippen molar-refractivity contribution in [3.8, 4) is 0 Å². The van der Waals surface area contributed by atoms with Gasteiger partial charge in [0.1, 0.15) is 6.61 Å². The van der Waals surface area contributed by atoms with Crippen LogP contribution < -0.4 is 10.0 Å². The Bertz CT molecular complexity index is 731. The molecule has 0 saturated carbocycles. The summed E-state index contributed by atoms with van der Waals surface area (Å²) in [7, 11) is -3.15. The van der Waals surface area contributed by atoms with Gasteiger partial charge in [0.25, 0.3) is 0 Å². The Morgan fingerprint density at radius 2 is 1.84 bits per heavy atom. The number of ether oxygens (including phenoxy) is 1. The maximum atomic E-state index is 13.8. The van der Waals surface area contributed by atoms with Gasteiger partial charge in [-0.25, -0.2) is 22.3 Å². The molecule has 0 aliphatic carbocycles. The Kier molecular flexibility index (Phi) is 6.46. The van der Waals surface area contributed by atoms with Crippen LogP contribution in [0.3, 0.4) is 0 Å². The van der Waals surface area contributed by atoms with Gasteiger partial charge >= 0.3 is 12.0 Å².